The van der Waals surface area contributed by atoms with Crippen molar-refractivity contribution in [2.24, 2.45) is 7.05 Å². The zero-order valence-corrected chi connectivity index (χ0v) is 14.9. The Hall–Kier alpha value is -3.35. The van der Waals surface area contributed by atoms with Gasteiger partial charge < -0.3 is 19.2 Å². The molecule has 4 rings (SSSR count). The highest BCUT2D eigenvalue weighted by Gasteiger charge is 2.22. The van der Waals surface area contributed by atoms with Crippen LogP contribution in [-0.4, -0.2) is 34.4 Å². The standard InChI is InChI=1S/C20H19N3O4/c1-22-12-14(19(25)23-8-4-5-9-23)10-15(20(22)26)21-18(24)17-11-13-6-2-3-7-16(13)27-17/h2-3,6-7,10-12H,4-5,8-9H2,1H3,(H,21,24). The molecule has 1 fully saturated rings. The number of amides is 2. The van der Waals surface area contributed by atoms with Crippen molar-refractivity contribution in [2.45, 2.75) is 12.8 Å². The molecule has 1 saturated heterocycles. The van der Waals surface area contributed by atoms with Crippen molar-refractivity contribution in [3.05, 3.63) is 64.3 Å². The lowest BCUT2D eigenvalue weighted by Crippen LogP contribution is -2.30. The fourth-order valence-electron chi connectivity index (χ4n) is 3.30. The quantitative estimate of drug-likeness (QED) is 0.773. The first-order valence-corrected chi connectivity index (χ1v) is 8.83. The van der Waals surface area contributed by atoms with Crippen LogP contribution in [0.15, 0.2) is 51.8 Å². The van der Waals surface area contributed by atoms with Gasteiger partial charge in [0, 0.05) is 31.7 Å². The number of carbonyl (C=O) groups excluding carboxylic acids is 2. The zero-order chi connectivity index (χ0) is 19.0. The van der Waals surface area contributed by atoms with Crippen molar-refractivity contribution in [3.63, 3.8) is 0 Å². The summed E-state index contributed by atoms with van der Waals surface area (Å²) in [7, 11) is 1.56. The molecule has 0 atom stereocenters. The van der Waals surface area contributed by atoms with E-state index >= 15 is 0 Å². The summed E-state index contributed by atoms with van der Waals surface area (Å²) in [6.07, 6.45) is 3.46. The predicted molar refractivity (Wildman–Crippen MR) is 101 cm³/mol. The van der Waals surface area contributed by atoms with Gasteiger partial charge in [-0.3, -0.25) is 14.4 Å². The van der Waals surface area contributed by atoms with Gasteiger partial charge in [-0.05, 0) is 31.0 Å². The number of nitrogens with one attached hydrogen (secondary N) is 1. The van der Waals surface area contributed by atoms with E-state index in [4.69, 9.17) is 4.42 Å². The van der Waals surface area contributed by atoms with Crippen LogP contribution in [0.4, 0.5) is 5.69 Å². The van der Waals surface area contributed by atoms with E-state index in [0.29, 0.717) is 24.2 Å². The smallest absolute Gasteiger partial charge is 0.291 e. The maximum absolute atomic E-state index is 12.6. The molecule has 0 aliphatic carbocycles. The summed E-state index contributed by atoms with van der Waals surface area (Å²) in [5.74, 6) is -0.564. The molecule has 138 valence electrons. The fourth-order valence-corrected chi connectivity index (χ4v) is 3.30. The van der Waals surface area contributed by atoms with E-state index < -0.39 is 11.5 Å². The number of para-hydroxylation sites is 1. The van der Waals surface area contributed by atoms with Gasteiger partial charge >= 0.3 is 0 Å². The Morgan fingerprint density at radius 1 is 1.11 bits per heavy atom. The lowest BCUT2D eigenvalue weighted by Gasteiger charge is -2.16. The van der Waals surface area contributed by atoms with Crippen molar-refractivity contribution in [1.82, 2.24) is 9.47 Å². The summed E-state index contributed by atoms with van der Waals surface area (Å²) >= 11 is 0. The van der Waals surface area contributed by atoms with Crippen LogP contribution < -0.4 is 10.9 Å². The maximum Gasteiger partial charge on any atom is 0.291 e. The molecular formula is C20H19N3O4. The van der Waals surface area contributed by atoms with Crippen LogP contribution in [0, 0.1) is 0 Å². The third-order valence-electron chi connectivity index (χ3n) is 4.72. The van der Waals surface area contributed by atoms with E-state index in [1.165, 1.54) is 16.8 Å². The molecule has 1 aliphatic rings. The molecule has 3 aromatic rings. The molecule has 0 radical (unpaired) electrons. The number of carbonyl (C=O) groups is 2. The Kier molecular flexibility index (Phi) is 4.27. The molecule has 7 nitrogen and oxygen atoms in total. The highest BCUT2D eigenvalue weighted by Crippen LogP contribution is 2.20. The number of hydrogen-bond acceptors (Lipinski definition) is 4. The number of aromatic nitrogens is 1. The maximum atomic E-state index is 12.6. The molecule has 0 unspecified atom stereocenters. The molecule has 2 amide bonds. The monoisotopic (exact) mass is 365 g/mol. The van der Waals surface area contributed by atoms with Crippen molar-refractivity contribution in [2.75, 3.05) is 18.4 Å². The first-order chi connectivity index (χ1) is 13.0. The van der Waals surface area contributed by atoms with Crippen LogP contribution in [-0.2, 0) is 7.05 Å². The van der Waals surface area contributed by atoms with Gasteiger partial charge in [-0.2, -0.15) is 0 Å². The third-order valence-corrected chi connectivity index (χ3v) is 4.72. The number of benzene rings is 1. The molecule has 0 bridgehead atoms. The summed E-state index contributed by atoms with van der Waals surface area (Å²) in [5, 5.41) is 3.38. The number of aryl methyl sites for hydroxylation is 1. The number of anilines is 1. The number of furan rings is 1. The minimum absolute atomic E-state index is 0.0491. The Labute approximate surface area is 155 Å². The third kappa shape index (κ3) is 3.23. The van der Waals surface area contributed by atoms with Crippen LogP contribution in [0.25, 0.3) is 11.0 Å². The molecular weight excluding hydrogens is 346 g/mol. The lowest BCUT2D eigenvalue weighted by molar-refractivity contribution is 0.0791. The summed E-state index contributed by atoms with van der Waals surface area (Å²) in [4.78, 5) is 39.3. The normalized spacial score (nSPS) is 13.9. The highest BCUT2D eigenvalue weighted by atomic mass is 16.3. The van der Waals surface area contributed by atoms with E-state index in [0.717, 1.165) is 18.2 Å². The second kappa shape index (κ2) is 6.75. The van der Waals surface area contributed by atoms with Gasteiger partial charge in [0.05, 0.1) is 5.56 Å². The van der Waals surface area contributed by atoms with Gasteiger partial charge in [0.1, 0.15) is 11.3 Å². The molecule has 3 heterocycles. The number of fused-ring (bicyclic) bond motifs is 1. The molecule has 0 saturated carbocycles. The number of rotatable bonds is 3. The van der Waals surface area contributed by atoms with Gasteiger partial charge in [-0.1, -0.05) is 18.2 Å². The molecule has 2 aromatic heterocycles. The summed E-state index contributed by atoms with van der Waals surface area (Å²) in [6, 6.07) is 10.3. The van der Waals surface area contributed by atoms with Crippen molar-refractivity contribution >= 4 is 28.5 Å². The number of nitrogens with zero attached hydrogens (tertiary/aromatic N) is 2. The van der Waals surface area contributed by atoms with Crippen LogP contribution in [0.3, 0.4) is 0 Å². The average Bonchev–Trinajstić information content (AvgIpc) is 3.34. The van der Waals surface area contributed by atoms with Gasteiger partial charge in [-0.15, -0.1) is 0 Å². The Balaban J connectivity index is 1.63. The van der Waals surface area contributed by atoms with E-state index in [2.05, 4.69) is 5.32 Å². The second-order valence-electron chi connectivity index (χ2n) is 6.66. The van der Waals surface area contributed by atoms with Gasteiger partial charge in [-0.25, -0.2) is 0 Å². The highest BCUT2D eigenvalue weighted by molar-refractivity contribution is 6.05. The van der Waals surface area contributed by atoms with E-state index in [1.54, 1.807) is 24.1 Å². The number of likely N-dealkylation sites (tertiary alicyclic amines) is 1. The van der Waals surface area contributed by atoms with Crippen LogP contribution >= 0.6 is 0 Å². The molecule has 0 spiro atoms. The second-order valence-corrected chi connectivity index (χ2v) is 6.66. The largest absolute Gasteiger partial charge is 0.451 e. The number of hydrogen-bond donors (Lipinski definition) is 1. The molecule has 27 heavy (non-hydrogen) atoms. The Morgan fingerprint density at radius 2 is 1.85 bits per heavy atom. The van der Waals surface area contributed by atoms with Gasteiger partial charge in [0.2, 0.25) is 0 Å². The molecule has 1 aromatic carbocycles. The first-order valence-electron chi connectivity index (χ1n) is 8.83. The minimum Gasteiger partial charge on any atom is -0.451 e. The van der Waals surface area contributed by atoms with Crippen molar-refractivity contribution in [3.8, 4) is 0 Å². The van der Waals surface area contributed by atoms with Crippen molar-refractivity contribution < 1.29 is 14.0 Å². The Morgan fingerprint density at radius 3 is 2.59 bits per heavy atom. The van der Waals surface area contributed by atoms with Crippen LogP contribution in [0.5, 0.6) is 0 Å². The predicted octanol–water partition coefficient (Wildman–Crippen LogP) is 2.62. The van der Waals surface area contributed by atoms with Crippen LogP contribution in [0.1, 0.15) is 33.8 Å². The van der Waals surface area contributed by atoms with Crippen LogP contribution in [0.2, 0.25) is 0 Å². The SMILES string of the molecule is Cn1cc(C(=O)N2CCCC2)cc(NC(=O)c2cc3ccccc3o2)c1=O. The lowest BCUT2D eigenvalue weighted by atomic mass is 10.2. The first kappa shape index (κ1) is 17.1. The topological polar surface area (TPSA) is 84.6 Å². The van der Waals surface area contributed by atoms with Crippen molar-refractivity contribution in [1.29, 1.82) is 0 Å². The molecule has 1 aliphatic heterocycles. The average molecular weight is 365 g/mol. The van der Waals surface area contributed by atoms with Gasteiger partial charge in [0.25, 0.3) is 17.4 Å². The van der Waals surface area contributed by atoms with E-state index in [-0.39, 0.29) is 17.4 Å². The minimum atomic E-state index is -0.533. The summed E-state index contributed by atoms with van der Waals surface area (Å²) in [6.45, 7) is 1.42. The molecule has 7 heteroatoms. The van der Waals surface area contributed by atoms with Gasteiger partial charge in [0.15, 0.2) is 5.76 Å². The number of pyridine rings is 1. The summed E-state index contributed by atoms with van der Waals surface area (Å²) in [5.41, 5.74) is 0.623. The molecule has 1 N–H and O–H groups in total. The zero-order valence-electron chi connectivity index (χ0n) is 14.9. The van der Waals surface area contributed by atoms with E-state index in [9.17, 15) is 14.4 Å². The van der Waals surface area contributed by atoms with E-state index in [1.807, 2.05) is 18.2 Å². The fraction of sp³-hybridized carbons (Fsp3) is 0.250. The Bertz CT molecular complexity index is 1060. The summed E-state index contributed by atoms with van der Waals surface area (Å²) < 4.78 is 6.84.